The zero-order chi connectivity index (χ0) is 20.6. The number of alkyl halides is 3. The van der Waals surface area contributed by atoms with Crippen molar-refractivity contribution in [2.24, 2.45) is 21.7 Å². The molecule has 0 amide bonds. The maximum atomic E-state index is 6.16. The number of hydrogen-bond donors (Lipinski definition) is 2. The van der Waals surface area contributed by atoms with Gasteiger partial charge in [0.2, 0.25) is 9.75 Å². The van der Waals surface area contributed by atoms with E-state index in [-0.39, 0.29) is 5.96 Å². The summed E-state index contributed by atoms with van der Waals surface area (Å²) in [6, 6.07) is 7.52. The molecule has 0 bridgehead atoms. The summed E-state index contributed by atoms with van der Waals surface area (Å²) in [5, 5.41) is 7.34. The summed E-state index contributed by atoms with van der Waals surface area (Å²) >= 11 is 18.5. The molecule has 150 valence electrons. The number of nitrogens with zero attached hydrogens (tertiary/aromatic N) is 3. The molecule has 2 rings (SSSR count). The van der Waals surface area contributed by atoms with E-state index < -0.39 is 3.79 Å². The lowest BCUT2D eigenvalue weighted by Crippen LogP contribution is -2.21. The Hall–Kier alpha value is -1.95. The maximum absolute atomic E-state index is 6.16. The third kappa shape index (κ3) is 6.59. The summed E-state index contributed by atoms with van der Waals surface area (Å²) in [5.74, 6) is -0.0839. The first kappa shape index (κ1) is 22.3. The smallest absolute Gasteiger partial charge is 0.218 e. The molecule has 4 N–H and O–H groups in total. The number of benzene rings is 1. The Morgan fingerprint density at radius 3 is 2.57 bits per heavy atom. The molecule has 0 atom stereocenters. The van der Waals surface area contributed by atoms with Gasteiger partial charge in [-0.2, -0.15) is 5.10 Å². The molecule has 2 aromatic rings. The molecular weight excluding hydrogens is 417 g/mol. The highest BCUT2D eigenvalue weighted by Gasteiger charge is 2.26. The molecule has 0 aliphatic heterocycles. The number of aryl methyl sites for hydroxylation is 1. The second-order valence-electron chi connectivity index (χ2n) is 6.27. The van der Waals surface area contributed by atoms with Crippen LogP contribution in [0.2, 0.25) is 0 Å². The van der Waals surface area contributed by atoms with Crippen LogP contribution in [0.25, 0.3) is 11.8 Å². The van der Waals surface area contributed by atoms with Crippen molar-refractivity contribution in [2.45, 2.75) is 36.4 Å². The fraction of sp³-hybridized carbons (Fsp3) is 0.300. The molecule has 0 aliphatic rings. The minimum atomic E-state index is -1.51. The van der Waals surface area contributed by atoms with Crippen molar-refractivity contribution in [3.05, 3.63) is 59.4 Å². The molecule has 0 radical (unpaired) electrons. The molecule has 0 unspecified atom stereocenters. The van der Waals surface area contributed by atoms with Gasteiger partial charge in [0.05, 0.1) is 5.69 Å². The van der Waals surface area contributed by atoms with Gasteiger partial charge in [-0.15, -0.1) is 5.10 Å². The van der Waals surface area contributed by atoms with Crippen LogP contribution in [0.4, 0.5) is 0 Å². The Labute approximate surface area is 180 Å². The Kier molecular flexibility index (Phi) is 8.42. The molecule has 0 aliphatic carbocycles. The minimum Gasteiger partial charge on any atom is -0.369 e. The van der Waals surface area contributed by atoms with Crippen LogP contribution in [-0.2, 0) is 10.2 Å². The fourth-order valence-corrected chi connectivity index (χ4v) is 3.28. The monoisotopic (exact) mass is 439 g/mol. The van der Waals surface area contributed by atoms with E-state index in [0.29, 0.717) is 5.56 Å². The molecule has 1 aromatic heterocycles. The molecule has 0 saturated heterocycles. The van der Waals surface area contributed by atoms with Crippen LogP contribution < -0.4 is 11.5 Å². The van der Waals surface area contributed by atoms with Crippen molar-refractivity contribution >= 4 is 53.1 Å². The Bertz CT molecular complexity index is 859. The van der Waals surface area contributed by atoms with Gasteiger partial charge in [0.1, 0.15) is 0 Å². The number of halogens is 3. The average Bonchev–Trinajstić information content (AvgIpc) is 3.04. The normalized spacial score (nSPS) is 12.1. The average molecular weight is 441 g/mol. The van der Waals surface area contributed by atoms with Crippen LogP contribution in [0.1, 0.15) is 42.9 Å². The molecule has 0 spiro atoms. The van der Waals surface area contributed by atoms with Crippen LogP contribution in [0.15, 0.2) is 52.9 Å². The first-order valence-electron chi connectivity index (χ1n) is 8.99. The summed E-state index contributed by atoms with van der Waals surface area (Å²) in [6.45, 7) is 2.18. The van der Waals surface area contributed by atoms with E-state index in [1.165, 1.54) is 18.2 Å². The molecular formula is C20H24Cl3N5. The summed E-state index contributed by atoms with van der Waals surface area (Å²) in [5.41, 5.74) is 14.2. The summed E-state index contributed by atoms with van der Waals surface area (Å²) in [6.07, 6.45) is 13.8. The van der Waals surface area contributed by atoms with Crippen molar-refractivity contribution in [2.75, 3.05) is 0 Å². The lowest BCUT2D eigenvalue weighted by molar-refractivity contribution is 0.717. The second kappa shape index (κ2) is 10.6. The van der Waals surface area contributed by atoms with Gasteiger partial charge in [-0.1, -0.05) is 78.8 Å². The SMILES string of the molecule is CCCCCc1cn(-c2ccccc2C(Cl)(Cl)Cl)cc1/C=C/C=N/N=C(N)N. The quantitative estimate of drug-likeness (QED) is 0.192. The van der Waals surface area contributed by atoms with Crippen LogP contribution in [0.5, 0.6) is 0 Å². The summed E-state index contributed by atoms with van der Waals surface area (Å²) in [4.78, 5) is 0. The highest BCUT2D eigenvalue weighted by molar-refractivity contribution is 6.66. The van der Waals surface area contributed by atoms with Gasteiger partial charge in [0.25, 0.3) is 0 Å². The van der Waals surface area contributed by atoms with E-state index >= 15 is 0 Å². The molecule has 0 fully saturated rings. The van der Waals surface area contributed by atoms with E-state index in [1.807, 2.05) is 41.1 Å². The van der Waals surface area contributed by atoms with Gasteiger partial charge in [0, 0.05) is 24.2 Å². The van der Waals surface area contributed by atoms with E-state index in [9.17, 15) is 0 Å². The molecule has 28 heavy (non-hydrogen) atoms. The molecule has 0 saturated carbocycles. The second-order valence-corrected chi connectivity index (χ2v) is 8.55. The fourth-order valence-electron chi connectivity index (χ4n) is 2.80. The lowest BCUT2D eigenvalue weighted by atomic mass is 10.1. The maximum Gasteiger partial charge on any atom is 0.218 e. The van der Waals surface area contributed by atoms with Crippen molar-refractivity contribution in [1.82, 2.24) is 4.57 Å². The lowest BCUT2D eigenvalue weighted by Gasteiger charge is -2.16. The predicted molar refractivity (Wildman–Crippen MR) is 122 cm³/mol. The van der Waals surface area contributed by atoms with Crippen LogP contribution in [0.3, 0.4) is 0 Å². The van der Waals surface area contributed by atoms with Gasteiger partial charge in [0.15, 0.2) is 0 Å². The third-order valence-corrected chi connectivity index (χ3v) is 4.69. The molecule has 5 nitrogen and oxygen atoms in total. The van der Waals surface area contributed by atoms with E-state index in [4.69, 9.17) is 46.3 Å². The number of hydrogen-bond acceptors (Lipinski definition) is 2. The number of aromatic nitrogens is 1. The highest BCUT2D eigenvalue weighted by atomic mass is 35.6. The van der Waals surface area contributed by atoms with E-state index in [1.54, 1.807) is 6.08 Å². The Balaban J connectivity index is 2.38. The first-order chi connectivity index (χ1) is 13.3. The van der Waals surface area contributed by atoms with Gasteiger partial charge >= 0.3 is 0 Å². The van der Waals surface area contributed by atoms with Crippen molar-refractivity contribution in [3.8, 4) is 5.69 Å². The Morgan fingerprint density at radius 2 is 1.89 bits per heavy atom. The number of nitrogens with two attached hydrogens (primary N) is 2. The molecule has 1 heterocycles. The largest absolute Gasteiger partial charge is 0.369 e. The minimum absolute atomic E-state index is 0.0839. The van der Waals surface area contributed by atoms with Crippen LogP contribution in [0, 0.1) is 0 Å². The van der Waals surface area contributed by atoms with Gasteiger partial charge < -0.3 is 16.0 Å². The van der Waals surface area contributed by atoms with Gasteiger partial charge in [-0.05, 0) is 36.1 Å². The van der Waals surface area contributed by atoms with Gasteiger partial charge in [-0.25, -0.2) is 0 Å². The topological polar surface area (TPSA) is 81.7 Å². The standard InChI is InChI=1S/C20H24Cl3N5/c1-2-3-4-8-15-13-28(14-16(15)9-7-12-26-27-19(24)25)18-11-6-5-10-17(18)20(21,22)23/h5-7,9-14H,2-4,8H2,1H3,(H4,24,25,27)/b9-7+,26-12+. The molecule has 8 heteroatoms. The zero-order valence-electron chi connectivity index (χ0n) is 15.7. The number of unbranched alkanes of at least 4 members (excludes halogenated alkanes) is 2. The summed E-state index contributed by atoms with van der Waals surface area (Å²) in [7, 11) is 0. The van der Waals surface area contributed by atoms with Crippen molar-refractivity contribution in [3.63, 3.8) is 0 Å². The summed E-state index contributed by atoms with van der Waals surface area (Å²) < 4.78 is 0.484. The van der Waals surface area contributed by atoms with Crippen LogP contribution >= 0.6 is 34.8 Å². The number of guanidine groups is 1. The van der Waals surface area contributed by atoms with Gasteiger partial charge in [-0.3, -0.25) is 0 Å². The molecule has 1 aromatic carbocycles. The van der Waals surface area contributed by atoms with Crippen molar-refractivity contribution < 1.29 is 0 Å². The van der Waals surface area contributed by atoms with Crippen molar-refractivity contribution in [1.29, 1.82) is 0 Å². The third-order valence-electron chi connectivity index (χ3n) is 4.08. The first-order valence-corrected chi connectivity index (χ1v) is 10.1. The zero-order valence-corrected chi connectivity index (χ0v) is 17.9. The van der Waals surface area contributed by atoms with E-state index in [2.05, 4.69) is 23.3 Å². The Morgan fingerprint density at radius 1 is 1.14 bits per heavy atom. The van der Waals surface area contributed by atoms with Crippen LogP contribution in [-0.4, -0.2) is 16.7 Å². The van der Waals surface area contributed by atoms with E-state index in [0.717, 1.165) is 30.5 Å². The highest BCUT2D eigenvalue weighted by Crippen LogP contribution is 2.41. The number of rotatable bonds is 8. The number of para-hydroxylation sites is 1. The number of allylic oxidation sites excluding steroid dienone is 1. The predicted octanol–water partition coefficient (Wildman–Crippen LogP) is 5.31.